The topological polar surface area (TPSA) is 71.7 Å². The highest BCUT2D eigenvalue weighted by Gasteiger charge is 2.48. The van der Waals surface area contributed by atoms with Crippen LogP contribution in [0.15, 0.2) is 48.8 Å². The summed E-state index contributed by atoms with van der Waals surface area (Å²) in [6.45, 7) is 7.85. The zero-order valence-corrected chi connectivity index (χ0v) is 18.8. The molecule has 1 amide bonds. The molecule has 1 aromatic heterocycles. The molecule has 2 N–H and O–H groups in total. The third kappa shape index (κ3) is 4.85. The Hall–Kier alpha value is -2.35. The number of rotatable bonds is 7. The van der Waals surface area contributed by atoms with Crippen LogP contribution in [-0.2, 0) is 21.5 Å². The number of nitrogens with two attached hydrogens (primary N) is 1. The van der Waals surface area contributed by atoms with E-state index in [9.17, 15) is 9.18 Å². The number of halogens is 1. The number of benzene rings is 1. The molecule has 0 bridgehead atoms. The molecule has 2 aliphatic heterocycles. The van der Waals surface area contributed by atoms with Gasteiger partial charge in [0.1, 0.15) is 5.82 Å². The van der Waals surface area contributed by atoms with Crippen LogP contribution < -0.4 is 5.73 Å². The van der Waals surface area contributed by atoms with Crippen molar-refractivity contribution in [3.05, 3.63) is 65.7 Å². The molecule has 0 aliphatic carbocycles. The van der Waals surface area contributed by atoms with Crippen molar-refractivity contribution in [3.63, 3.8) is 0 Å². The molecule has 4 rings (SSSR count). The van der Waals surface area contributed by atoms with Gasteiger partial charge < -0.3 is 10.5 Å². The number of primary amides is 1. The Balaban J connectivity index is 1.53. The number of aromatic nitrogens is 1. The standard InChI is InChI=1S/C25H33FN4O2/c1-24(23(27)31,21-15-22(26)17-28-16-21)19-25(7-13-32-14-8-25)30-11-9-29(10-12-30)18-20-5-3-2-4-6-20/h2-6,15-17H,7-14,18-19H2,1H3,(H2,27,31). The number of carbonyl (C=O) groups excluding carboxylic acids is 1. The van der Waals surface area contributed by atoms with Crippen LogP contribution in [0.25, 0.3) is 0 Å². The average molecular weight is 441 g/mol. The lowest BCUT2D eigenvalue weighted by atomic mass is 9.68. The number of amides is 1. The SMILES string of the molecule is CC(CC1(N2CCN(Cc3ccccc3)CC2)CCOCC1)(C(N)=O)c1cncc(F)c1. The van der Waals surface area contributed by atoms with E-state index < -0.39 is 17.1 Å². The maximum Gasteiger partial charge on any atom is 0.227 e. The summed E-state index contributed by atoms with van der Waals surface area (Å²) in [5.41, 5.74) is 6.56. The second-order valence-corrected chi connectivity index (χ2v) is 9.35. The molecule has 1 aromatic carbocycles. The highest BCUT2D eigenvalue weighted by Crippen LogP contribution is 2.41. The molecule has 0 radical (unpaired) electrons. The van der Waals surface area contributed by atoms with E-state index in [4.69, 9.17) is 10.5 Å². The molecule has 2 fully saturated rings. The van der Waals surface area contributed by atoms with Gasteiger partial charge in [-0.3, -0.25) is 19.6 Å². The van der Waals surface area contributed by atoms with Crippen molar-refractivity contribution in [3.8, 4) is 0 Å². The number of hydrogen-bond donors (Lipinski definition) is 1. The lowest BCUT2D eigenvalue weighted by molar-refractivity contribution is -0.126. The summed E-state index contributed by atoms with van der Waals surface area (Å²) in [5, 5.41) is 0. The van der Waals surface area contributed by atoms with E-state index in [0.29, 0.717) is 25.2 Å². The van der Waals surface area contributed by atoms with Crippen molar-refractivity contribution in [1.29, 1.82) is 0 Å². The summed E-state index contributed by atoms with van der Waals surface area (Å²) in [7, 11) is 0. The smallest absolute Gasteiger partial charge is 0.227 e. The Morgan fingerprint density at radius 2 is 1.84 bits per heavy atom. The molecule has 0 spiro atoms. The van der Waals surface area contributed by atoms with Gasteiger partial charge in [-0.25, -0.2) is 4.39 Å². The fourth-order valence-corrected chi connectivity index (χ4v) is 5.28. The first-order valence-corrected chi connectivity index (χ1v) is 11.4. The van der Waals surface area contributed by atoms with Crippen molar-refractivity contribution in [2.24, 2.45) is 5.73 Å². The van der Waals surface area contributed by atoms with E-state index in [-0.39, 0.29) is 5.54 Å². The summed E-state index contributed by atoms with van der Waals surface area (Å²) in [6, 6.07) is 11.9. The van der Waals surface area contributed by atoms with Crippen LogP contribution in [0, 0.1) is 5.82 Å². The van der Waals surface area contributed by atoms with E-state index in [1.54, 1.807) is 6.20 Å². The molecule has 0 saturated carbocycles. The van der Waals surface area contributed by atoms with Crippen LogP contribution in [-0.4, -0.2) is 65.6 Å². The average Bonchev–Trinajstić information content (AvgIpc) is 2.80. The van der Waals surface area contributed by atoms with Crippen molar-refractivity contribution in [2.45, 2.75) is 43.7 Å². The first kappa shape index (κ1) is 22.8. The van der Waals surface area contributed by atoms with Gasteiger partial charge in [0.2, 0.25) is 5.91 Å². The monoisotopic (exact) mass is 440 g/mol. The van der Waals surface area contributed by atoms with Crippen molar-refractivity contribution >= 4 is 5.91 Å². The molecule has 1 unspecified atom stereocenters. The highest BCUT2D eigenvalue weighted by molar-refractivity contribution is 5.86. The van der Waals surface area contributed by atoms with Crippen molar-refractivity contribution in [1.82, 2.24) is 14.8 Å². The summed E-state index contributed by atoms with van der Waals surface area (Å²) >= 11 is 0. The Kier molecular flexibility index (Phi) is 6.88. The van der Waals surface area contributed by atoms with E-state index in [2.05, 4.69) is 39.0 Å². The maximum absolute atomic E-state index is 14.0. The Morgan fingerprint density at radius 3 is 2.47 bits per heavy atom. The predicted molar refractivity (Wildman–Crippen MR) is 121 cm³/mol. The fourth-order valence-electron chi connectivity index (χ4n) is 5.28. The maximum atomic E-state index is 14.0. The number of nitrogens with zero attached hydrogens (tertiary/aromatic N) is 3. The third-order valence-corrected chi connectivity index (χ3v) is 7.28. The number of carbonyl (C=O) groups is 1. The summed E-state index contributed by atoms with van der Waals surface area (Å²) in [6.07, 6.45) is 4.91. The van der Waals surface area contributed by atoms with Crippen LogP contribution >= 0.6 is 0 Å². The Labute approximate surface area is 189 Å². The van der Waals surface area contributed by atoms with Crippen LogP contribution in [0.1, 0.15) is 37.3 Å². The van der Waals surface area contributed by atoms with Crippen LogP contribution in [0.4, 0.5) is 4.39 Å². The molecular weight excluding hydrogens is 407 g/mol. The van der Waals surface area contributed by atoms with Gasteiger partial charge >= 0.3 is 0 Å². The molecule has 2 aliphatic rings. The zero-order chi connectivity index (χ0) is 22.6. The second kappa shape index (κ2) is 9.65. The molecule has 172 valence electrons. The van der Waals surface area contributed by atoms with Gasteiger partial charge in [0, 0.05) is 57.7 Å². The normalized spacial score (nSPS) is 21.7. The molecule has 6 nitrogen and oxygen atoms in total. The quantitative estimate of drug-likeness (QED) is 0.717. The number of pyridine rings is 1. The minimum Gasteiger partial charge on any atom is -0.381 e. The lowest BCUT2D eigenvalue weighted by Crippen LogP contribution is -2.61. The summed E-state index contributed by atoms with van der Waals surface area (Å²) in [4.78, 5) is 21.7. The van der Waals surface area contributed by atoms with Crippen LogP contribution in [0.2, 0.25) is 0 Å². The minimum absolute atomic E-state index is 0.215. The van der Waals surface area contributed by atoms with Gasteiger partial charge in [0.25, 0.3) is 0 Å². The molecule has 1 atom stereocenters. The molecule has 3 heterocycles. The van der Waals surface area contributed by atoms with Crippen molar-refractivity contribution < 1.29 is 13.9 Å². The second-order valence-electron chi connectivity index (χ2n) is 9.35. The van der Waals surface area contributed by atoms with Gasteiger partial charge in [-0.1, -0.05) is 30.3 Å². The summed E-state index contributed by atoms with van der Waals surface area (Å²) < 4.78 is 19.7. The molecule has 2 aromatic rings. The predicted octanol–water partition coefficient (Wildman–Crippen LogP) is 2.72. The molecule has 7 heteroatoms. The van der Waals surface area contributed by atoms with Gasteiger partial charge in [0.15, 0.2) is 0 Å². The minimum atomic E-state index is -1.01. The van der Waals surface area contributed by atoms with Gasteiger partial charge in [-0.15, -0.1) is 0 Å². The highest BCUT2D eigenvalue weighted by atomic mass is 19.1. The van der Waals surface area contributed by atoms with E-state index in [1.807, 2.05) is 13.0 Å². The number of hydrogen-bond acceptors (Lipinski definition) is 5. The first-order chi connectivity index (χ1) is 15.4. The fraction of sp³-hybridized carbons (Fsp3) is 0.520. The Morgan fingerprint density at radius 1 is 1.16 bits per heavy atom. The van der Waals surface area contributed by atoms with Crippen LogP contribution in [0.3, 0.4) is 0 Å². The van der Waals surface area contributed by atoms with Gasteiger partial charge in [-0.05, 0) is 43.4 Å². The van der Waals surface area contributed by atoms with Crippen LogP contribution in [0.5, 0.6) is 0 Å². The molecule has 32 heavy (non-hydrogen) atoms. The number of ether oxygens (including phenoxy) is 1. The lowest BCUT2D eigenvalue weighted by Gasteiger charge is -2.52. The molecule has 2 saturated heterocycles. The Bertz CT molecular complexity index is 911. The summed E-state index contributed by atoms with van der Waals surface area (Å²) in [5.74, 6) is -0.899. The zero-order valence-electron chi connectivity index (χ0n) is 18.8. The van der Waals surface area contributed by atoms with E-state index in [1.165, 1.54) is 11.6 Å². The number of piperazine rings is 1. The van der Waals surface area contributed by atoms with E-state index >= 15 is 0 Å². The first-order valence-electron chi connectivity index (χ1n) is 11.4. The molecular formula is C25H33FN4O2. The van der Waals surface area contributed by atoms with Gasteiger partial charge in [0.05, 0.1) is 11.6 Å². The van der Waals surface area contributed by atoms with Gasteiger partial charge in [-0.2, -0.15) is 0 Å². The van der Waals surface area contributed by atoms with E-state index in [0.717, 1.165) is 51.8 Å². The largest absolute Gasteiger partial charge is 0.381 e. The van der Waals surface area contributed by atoms with Crippen molar-refractivity contribution in [2.75, 3.05) is 39.4 Å². The third-order valence-electron chi connectivity index (χ3n) is 7.28.